The predicted molar refractivity (Wildman–Crippen MR) is 138 cm³/mol. The molecule has 0 saturated heterocycles. The number of hydrogen-bond acceptors (Lipinski definition) is 4. The number of carbonyl (C=O) groups is 1. The Hall–Kier alpha value is -3.16. The highest BCUT2D eigenvalue weighted by molar-refractivity contribution is 9.10. The van der Waals surface area contributed by atoms with Gasteiger partial charge < -0.3 is 9.47 Å². The molecule has 0 aliphatic carbocycles. The van der Waals surface area contributed by atoms with Gasteiger partial charge in [0.05, 0.1) is 23.4 Å². The van der Waals surface area contributed by atoms with E-state index in [1.54, 1.807) is 19.4 Å². The fourth-order valence-electron chi connectivity index (χ4n) is 3.25. The highest BCUT2D eigenvalue weighted by Gasteiger charge is 2.13. The van der Waals surface area contributed by atoms with E-state index in [-0.39, 0.29) is 5.91 Å². The maximum Gasteiger partial charge on any atom is 0.275 e. The van der Waals surface area contributed by atoms with Crippen molar-refractivity contribution in [1.29, 1.82) is 0 Å². The van der Waals surface area contributed by atoms with Gasteiger partial charge in [-0.25, -0.2) is 5.43 Å². The molecule has 1 amide bonds. The smallest absolute Gasteiger partial charge is 0.275 e. The first-order chi connectivity index (χ1) is 16.0. The highest BCUT2D eigenvalue weighted by atomic mass is 79.9. The summed E-state index contributed by atoms with van der Waals surface area (Å²) in [7, 11) is 1.54. The normalized spacial score (nSPS) is 11.0. The summed E-state index contributed by atoms with van der Waals surface area (Å²) < 4.78 is 13.1. The van der Waals surface area contributed by atoms with Gasteiger partial charge in [-0.1, -0.05) is 52.3 Å². The standard InChI is InChI=1S/C26H20Br2N2O3/c1-32-25-14-20-5-3-2-4-19(20)13-22(25)26(31)30-29-15-18-8-11-24(23(28)12-18)33-16-17-6-9-21(27)10-7-17/h2-15H,16H2,1H3,(H,30,31)/b29-15-. The fraction of sp³-hybridized carbons (Fsp3) is 0.0769. The van der Waals surface area contributed by atoms with Crippen molar-refractivity contribution in [1.82, 2.24) is 5.43 Å². The monoisotopic (exact) mass is 566 g/mol. The molecule has 0 aromatic heterocycles. The second-order valence-electron chi connectivity index (χ2n) is 7.20. The largest absolute Gasteiger partial charge is 0.496 e. The molecule has 5 nitrogen and oxygen atoms in total. The molecule has 0 radical (unpaired) electrons. The number of hydrogen-bond donors (Lipinski definition) is 1. The summed E-state index contributed by atoms with van der Waals surface area (Å²) >= 11 is 6.96. The van der Waals surface area contributed by atoms with Crippen molar-refractivity contribution in [3.63, 3.8) is 0 Å². The van der Waals surface area contributed by atoms with E-state index in [1.165, 1.54) is 0 Å². The minimum atomic E-state index is -0.345. The summed E-state index contributed by atoms with van der Waals surface area (Å²) in [6.07, 6.45) is 1.58. The minimum absolute atomic E-state index is 0.345. The van der Waals surface area contributed by atoms with Crippen molar-refractivity contribution in [3.8, 4) is 11.5 Å². The Bertz CT molecular complexity index is 1320. The van der Waals surface area contributed by atoms with Crippen LogP contribution in [0.4, 0.5) is 0 Å². The van der Waals surface area contributed by atoms with Gasteiger partial charge in [0.15, 0.2) is 0 Å². The lowest BCUT2D eigenvalue weighted by molar-refractivity contribution is 0.0952. The molecular formula is C26H20Br2N2O3. The second-order valence-corrected chi connectivity index (χ2v) is 8.97. The topological polar surface area (TPSA) is 59.9 Å². The van der Waals surface area contributed by atoms with E-state index in [0.717, 1.165) is 36.6 Å². The second kappa shape index (κ2) is 10.6. The number of hydrazone groups is 1. The SMILES string of the molecule is COc1cc2ccccc2cc1C(=O)N/N=C\c1ccc(OCc2ccc(Br)cc2)c(Br)c1. The van der Waals surface area contributed by atoms with Crippen molar-refractivity contribution < 1.29 is 14.3 Å². The van der Waals surface area contributed by atoms with Crippen LogP contribution in [0, 0.1) is 0 Å². The Morgan fingerprint density at radius 3 is 2.36 bits per heavy atom. The highest BCUT2D eigenvalue weighted by Crippen LogP contribution is 2.27. The van der Waals surface area contributed by atoms with Crippen molar-refractivity contribution in [2.45, 2.75) is 6.61 Å². The van der Waals surface area contributed by atoms with Crippen LogP contribution in [0.2, 0.25) is 0 Å². The van der Waals surface area contributed by atoms with Crippen LogP contribution in [0.15, 0.2) is 92.9 Å². The van der Waals surface area contributed by atoms with Gasteiger partial charge in [0.25, 0.3) is 5.91 Å². The lowest BCUT2D eigenvalue weighted by Gasteiger charge is -2.10. The van der Waals surface area contributed by atoms with Gasteiger partial charge in [-0.3, -0.25) is 4.79 Å². The van der Waals surface area contributed by atoms with E-state index in [9.17, 15) is 4.79 Å². The fourth-order valence-corrected chi connectivity index (χ4v) is 4.02. The van der Waals surface area contributed by atoms with E-state index >= 15 is 0 Å². The van der Waals surface area contributed by atoms with E-state index in [0.29, 0.717) is 17.9 Å². The Kier molecular flexibility index (Phi) is 7.42. The minimum Gasteiger partial charge on any atom is -0.496 e. The van der Waals surface area contributed by atoms with Gasteiger partial charge in [0.2, 0.25) is 0 Å². The first-order valence-electron chi connectivity index (χ1n) is 10.1. The molecule has 0 spiro atoms. The van der Waals surface area contributed by atoms with Crippen LogP contribution in [-0.4, -0.2) is 19.2 Å². The zero-order chi connectivity index (χ0) is 23.2. The molecule has 0 fully saturated rings. The molecular weight excluding hydrogens is 548 g/mol. The number of ether oxygens (including phenoxy) is 2. The van der Waals surface area contributed by atoms with E-state index in [4.69, 9.17) is 9.47 Å². The molecule has 0 aliphatic rings. The summed E-state index contributed by atoms with van der Waals surface area (Å²) in [5.41, 5.74) is 4.88. The number of amides is 1. The first-order valence-corrected chi connectivity index (χ1v) is 11.7. The van der Waals surface area contributed by atoms with Crippen LogP contribution in [0.5, 0.6) is 11.5 Å². The van der Waals surface area contributed by atoms with Crippen molar-refractivity contribution in [2.24, 2.45) is 5.10 Å². The van der Waals surface area contributed by atoms with Crippen molar-refractivity contribution in [2.75, 3.05) is 7.11 Å². The maximum atomic E-state index is 12.7. The van der Waals surface area contributed by atoms with Crippen LogP contribution < -0.4 is 14.9 Å². The van der Waals surface area contributed by atoms with Crippen molar-refractivity contribution in [3.05, 3.63) is 104 Å². The summed E-state index contributed by atoms with van der Waals surface area (Å²) in [6, 6.07) is 25.0. The predicted octanol–water partition coefficient (Wildman–Crippen LogP) is 6.72. The molecule has 0 bridgehead atoms. The van der Waals surface area contributed by atoms with E-state index in [2.05, 4.69) is 42.4 Å². The van der Waals surface area contributed by atoms with Crippen LogP contribution in [0.25, 0.3) is 10.8 Å². The first kappa shape index (κ1) is 23.0. The Morgan fingerprint density at radius 2 is 1.67 bits per heavy atom. The van der Waals surface area contributed by atoms with Gasteiger partial charge in [0, 0.05) is 4.47 Å². The molecule has 0 heterocycles. The Morgan fingerprint density at radius 1 is 0.939 bits per heavy atom. The zero-order valence-electron chi connectivity index (χ0n) is 17.7. The van der Waals surface area contributed by atoms with E-state index in [1.807, 2.05) is 72.8 Å². The number of rotatable bonds is 7. The van der Waals surface area contributed by atoms with Gasteiger partial charge in [-0.2, -0.15) is 5.10 Å². The summed E-state index contributed by atoms with van der Waals surface area (Å²) in [5.74, 6) is 0.874. The van der Waals surface area contributed by atoms with Crippen LogP contribution in [0.3, 0.4) is 0 Å². The number of benzene rings is 4. The van der Waals surface area contributed by atoms with Crippen molar-refractivity contribution >= 4 is 54.8 Å². The molecule has 0 unspecified atom stereocenters. The van der Waals surface area contributed by atoms with Crippen LogP contribution in [0.1, 0.15) is 21.5 Å². The average molecular weight is 568 g/mol. The number of halogens is 2. The zero-order valence-corrected chi connectivity index (χ0v) is 20.9. The molecule has 4 rings (SSSR count). The number of nitrogens with one attached hydrogen (secondary N) is 1. The van der Waals surface area contributed by atoms with Crippen LogP contribution >= 0.6 is 31.9 Å². The molecule has 4 aromatic rings. The maximum absolute atomic E-state index is 12.7. The summed E-state index contributed by atoms with van der Waals surface area (Å²) in [5, 5.41) is 6.06. The summed E-state index contributed by atoms with van der Waals surface area (Å²) in [6.45, 7) is 0.461. The van der Waals surface area contributed by atoms with Crippen LogP contribution in [-0.2, 0) is 6.61 Å². The van der Waals surface area contributed by atoms with Gasteiger partial charge in [0.1, 0.15) is 18.1 Å². The molecule has 4 aromatic carbocycles. The third-order valence-corrected chi connectivity index (χ3v) is 6.10. The molecule has 0 aliphatic heterocycles. The third kappa shape index (κ3) is 5.80. The van der Waals surface area contributed by atoms with E-state index < -0.39 is 0 Å². The number of nitrogens with zero attached hydrogens (tertiary/aromatic N) is 1. The molecule has 33 heavy (non-hydrogen) atoms. The number of fused-ring (bicyclic) bond motifs is 1. The molecule has 1 N–H and O–H groups in total. The Balaban J connectivity index is 1.41. The molecule has 0 saturated carbocycles. The molecule has 166 valence electrons. The number of methoxy groups -OCH3 is 1. The molecule has 0 atom stereocenters. The van der Waals surface area contributed by atoms with Gasteiger partial charge >= 0.3 is 0 Å². The van der Waals surface area contributed by atoms with Gasteiger partial charge in [-0.15, -0.1) is 0 Å². The number of carbonyl (C=O) groups excluding carboxylic acids is 1. The lowest BCUT2D eigenvalue weighted by atomic mass is 10.1. The molecule has 7 heteroatoms. The van der Waals surface area contributed by atoms with Gasteiger partial charge in [-0.05, 0) is 80.3 Å². The lowest BCUT2D eigenvalue weighted by Crippen LogP contribution is -2.18. The summed E-state index contributed by atoms with van der Waals surface area (Å²) in [4.78, 5) is 12.7. The quantitative estimate of drug-likeness (QED) is 0.199. The Labute approximate surface area is 208 Å². The third-order valence-electron chi connectivity index (χ3n) is 4.96. The average Bonchev–Trinajstić information content (AvgIpc) is 2.83.